The Morgan fingerprint density at radius 2 is 2.27 bits per heavy atom. The van der Waals surface area contributed by atoms with Gasteiger partial charge in [-0.25, -0.2) is 0 Å². The third-order valence-electron chi connectivity index (χ3n) is 2.49. The number of nitrogens with zero attached hydrogens (tertiary/aromatic N) is 1. The monoisotopic (exact) mass is 204 g/mol. The average molecular weight is 204 g/mol. The van der Waals surface area contributed by atoms with Crippen molar-refractivity contribution in [3.63, 3.8) is 0 Å². The highest BCUT2D eigenvalue weighted by Gasteiger charge is 1.97. The lowest BCUT2D eigenvalue weighted by Crippen LogP contribution is -2.18. The van der Waals surface area contributed by atoms with Crippen LogP contribution in [-0.4, -0.2) is 11.1 Å². The van der Waals surface area contributed by atoms with Crippen LogP contribution < -0.4 is 5.32 Å². The predicted octanol–water partition coefficient (Wildman–Crippen LogP) is 1.95. The molecule has 0 aliphatic carbocycles. The zero-order chi connectivity index (χ0) is 10.5. The Labute approximate surface area is 89.7 Å². The van der Waals surface area contributed by atoms with Gasteiger partial charge in [0.05, 0.1) is 6.26 Å². The fraction of sp³-hybridized carbons (Fsp3) is 0.333. The van der Waals surface area contributed by atoms with Gasteiger partial charge in [0.2, 0.25) is 0 Å². The number of aryl methyl sites for hydroxylation is 1. The van der Waals surface area contributed by atoms with Crippen LogP contribution in [-0.2, 0) is 20.0 Å². The second kappa shape index (κ2) is 4.84. The lowest BCUT2D eigenvalue weighted by Gasteiger charge is -2.04. The second-order valence-electron chi connectivity index (χ2n) is 3.62. The summed E-state index contributed by atoms with van der Waals surface area (Å²) in [7, 11) is 2.06. The first-order valence-corrected chi connectivity index (χ1v) is 5.19. The van der Waals surface area contributed by atoms with Gasteiger partial charge in [-0.1, -0.05) is 0 Å². The van der Waals surface area contributed by atoms with E-state index >= 15 is 0 Å². The summed E-state index contributed by atoms with van der Waals surface area (Å²) in [6, 6.07) is 8.11. The first kappa shape index (κ1) is 10.1. The topological polar surface area (TPSA) is 30.1 Å². The Hall–Kier alpha value is -1.48. The largest absolute Gasteiger partial charge is 0.469 e. The maximum atomic E-state index is 5.25. The van der Waals surface area contributed by atoms with Gasteiger partial charge in [0.25, 0.3) is 0 Å². The number of aromatic nitrogens is 1. The molecule has 0 saturated heterocycles. The molecule has 2 heterocycles. The molecular weight excluding hydrogens is 188 g/mol. The van der Waals surface area contributed by atoms with Crippen molar-refractivity contribution in [2.75, 3.05) is 6.54 Å². The van der Waals surface area contributed by atoms with E-state index in [1.165, 1.54) is 5.69 Å². The van der Waals surface area contributed by atoms with Gasteiger partial charge in [0.1, 0.15) is 5.76 Å². The highest BCUT2D eigenvalue weighted by Crippen LogP contribution is 2.01. The molecule has 3 nitrogen and oxygen atoms in total. The summed E-state index contributed by atoms with van der Waals surface area (Å²) in [4.78, 5) is 0. The minimum Gasteiger partial charge on any atom is -0.469 e. The Balaban J connectivity index is 1.70. The van der Waals surface area contributed by atoms with Crippen molar-refractivity contribution in [2.24, 2.45) is 7.05 Å². The molecule has 0 bridgehead atoms. The van der Waals surface area contributed by atoms with Crippen molar-refractivity contribution in [1.82, 2.24) is 9.88 Å². The summed E-state index contributed by atoms with van der Waals surface area (Å²) in [6.45, 7) is 1.85. The Morgan fingerprint density at radius 1 is 1.33 bits per heavy atom. The predicted molar refractivity (Wildman–Crippen MR) is 59.5 cm³/mol. The molecule has 3 heteroatoms. The molecule has 2 rings (SSSR count). The van der Waals surface area contributed by atoms with Crippen LogP contribution in [0.5, 0.6) is 0 Å². The third kappa shape index (κ3) is 2.73. The van der Waals surface area contributed by atoms with Gasteiger partial charge >= 0.3 is 0 Å². The van der Waals surface area contributed by atoms with Crippen LogP contribution in [0, 0.1) is 0 Å². The molecule has 2 aromatic rings. The molecule has 0 aliphatic rings. The molecule has 0 saturated carbocycles. The molecule has 80 valence electrons. The fourth-order valence-electron chi connectivity index (χ4n) is 1.56. The van der Waals surface area contributed by atoms with E-state index < -0.39 is 0 Å². The van der Waals surface area contributed by atoms with E-state index in [0.29, 0.717) is 0 Å². The van der Waals surface area contributed by atoms with E-state index in [1.54, 1.807) is 6.26 Å². The maximum Gasteiger partial charge on any atom is 0.105 e. The molecule has 0 aromatic carbocycles. The van der Waals surface area contributed by atoms with Gasteiger partial charge in [0, 0.05) is 38.4 Å². The van der Waals surface area contributed by atoms with E-state index in [1.807, 2.05) is 12.1 Å². The van der Waals surface area contributed by atoms with Crippen LogP contribution in [0.1, 0.15) is 11.5 Å². The quantitative estimate of drug-likeness (QED) is 0.754. The molecule has 15 heavy (non-hydrogen) atoms. The first-order chi connectivity index (χ1) is 7.36. The summed E-state index contributed by atoms with van der Waals surface area (Å²) < 4.78 is 7.37. The molecular formula is C12H16N2O. The molecule has 0 atom stereocenters. The van der Waals surface area contributed by atoms with Crippen LogP contribution in [0.15, 0.2) is 41.1 Å². The molecule has 0 fully saturated rings. The highest BCUT2D eigenvalue weighted by molar-refractivity contribution is 5.06. The Bertz CT molecular complexity index is 389. The molecule has 2 aromatic heterocycles. The zero-order valence-electron chi connectivity index (χ0n) is 8.94. The molecule has 1 N–H and O–H groups in total. The lowest BCUT2D eigenvalue weighted by molar-refractivity contribution is 0.497. The van der Waals surface area contributed by atoms with Crippen LogP contribution in [0.2, 0.25) is 0 Å². The van der Waals surface area contributed by atoms with Gasteiger partial charge in [-0.3, -0.25) is 0 Å². The van der Waals surface area contributed by atoms with Crippen LogP contribution in [0.4, 0.5) is 0 Å². The summed E-state index contributed by atoms with van der Waals surface area (Å²) in [6.07, 6.45) is 4.72. The van der Waals surface area contributed by atoms with E-state index in [9.17, 15) is 0 Å². The zero-order valence-corrected chi connectivity index (χ0v) is 8.94. The SMILES string of the molecule is Cn1cccc1CNCCc1ccco1. The average Bonchev–Trinajstić information content (AvgIpc) is 2.85. The highest BCUT2D eigenvalue weighted by atomic mass is 16.3. The molecule has 0 aliphatic heterocycles. The van der Waals surface area contributed by atoms with Gasteiger partial charge in [0.15, 0.2) is 0 Å². The normalized spacial score (nSPS) is 10.7. The summed E-state index contributed by atoms with van der Waals surface area (Å²) >= 11 is 0. The van der Waals surface area contributed by atoms with Crippen LogP contribution in [0.3, 0.4) is 0 Å². The number of furan rings is 1. The van der Waals surface area contributed by atoms with Crippen molar-refractivity contribution in [2.45, 2.75) is 13.0 Å². The third-order valence-corrected chi connectivity index (χ3v) is 2.49. The van der Waals surface area contributed by atoms with E-state index in [0.717, 1.165) is 25.3 Å². The van der Waals surface area contributed by atoms with Crippen molar-refractivity contribution < 1.29 is 4.42 Å². The standard InChI is InChI=1S/C12H16N2O/c1-14-8-2-4-11(14)10-13-7-6-12-5-3-9-15-12/h2-5,8-9,13H,6-7,10H2,1H3. The maximum absolute atomic E-state index is 5.25. The minimum absolute atomic E-state index is 0.907. The van der Waals surface area contributed by atoms with Crippen molar-refractivity contribution in [3.05, 3.63) is 48.2 Å². The molecule has 0 amide bonds. The van der Waals surface area contributed by atoms with Crippen LogP contribution in [0.25, 0.3) is 0 Å². The van der Waals surface area contributed by atoms with Crippen molar-refractivity contribution in [1.29, 1.82) is 0 Å². The van der Waals surface area contributed by atoms with Crippen molar-refractivity contribution in [3.8, 4) is 0 Å². The summed E-state index contributed by atoms with van der Waals surface area (Å²) in [5.74, 6) is 1.04. The lowest BCUT2D eigenvalue weighted by atomic mass is 10.3. The first-order valence-electron chi connectivity index (χ1n) is 5.19. The smallest absolute Gasteiger partial charge is 0.105 e. The van der Waals surface area contributed by atoms with Gasteiger partial charge in [-0.15, -0.1) is 0 Å². The molecule has 0 unspecified atom stereocenters. The van der Waals surface area contributed by atoms with E-state index in [-0.39, 0.29) is 0 Å². The second-order valence-corrected chi connectivity index (χ2v) is 3.62. The number of nitrogens with one attached hydrogen (secondary N) is 1. The molecule has 0 spiro atoms. The van der Waals surface area contributed by atoms with Gasteiger partial charge < -0.3 is 14.3 Å². The van der Waals surface area contributed by atoms with Crippen molar-refractivity contribution >= 4 is 0 Å². The minimum atomic E-state index is 0.907. The van der Waals surface area contributed by atoms with Crippen LogP contribution >= 0.6 is 0 Å². The van der Waals surface area contributed by atoms with Gasteiger partial charge in [-0.05, 0) is 24.3 Å². The molecule has 0 radical (unpaired) electrons. The fourth-order valence-corrected chi connectivity index (χ4v) is 1.56. The number of rotatable bonds is 5. The van der Waals surface area contributed by atoms with E-state index in [4.69, 9.17) is 4.42 Å². The Morgan fingerprint density at radius 3 is 2.93 bits per heavy atom. The summed E-state index contributed by atoms with van der Waals surface area (Å²) in [5.41, 5.74) is 1.30. The van der Waals surface area contributed by atoms with E-state index in [2.05, 4.69) is 35.3 Å². The summed E-state index contributed by atoms with van der Waals surface area (Å²) in [5, 5.41) is 3.39. The Kier molecular flexibility index (Phi) is 3.25. The number of hydrogen-bond acceptors (Lipinski definition) is 2. The number of hydrogen-bond donors (Lipinski definition) is 1. The van der Waals surface area contributed by atoms with Gasteiger partial charge in [-0.2, -0.15) is 0 Å².